The van der Waals surface area contributed by atoms with Gasteiger partial charge in [-0.2, -0.15) is 5.10 Å². The lowest BCUT2D eigenvalue weighted by molar-refractivity contribution is -0.117. The van der Waals surface area contributed by atoms with E-state index in [0.29, 0.717) is 18.7 Å². The van der Waals surface area contributed by atoms with Crippen molar-refractivity contribution in [2.24, 2.45) is 5.73 Å². The Bertz CT molecular complexity index is 537. The quantitative estimate of drug-likeness (QED) is 0.742. The molecule has 1 aromatic carbocycles. The van der Waals surface area contributed by atoms with Crippen molar-refractivity contribution in [3.05, 3.63) is 36.5 Å². The van der Waals surface area contributed by atoms with Crippen molar-refractivity contribution < 1.29 is 9.53 Å². The molecule has 106 valence electrons. The molecule has 0 fully saturated rings. The van der Waals surface area contributed by atoms with Crippen molar-refractivity contribution in [1.29, 1.82) is 0 Å². The van der Waals surface area contributed by atoms with E-state index >= 15 is 0 Å². The van der Waals surface area contributed by atoms with Crippen molar-refractivity contribution in [2.45, 2.75) is 12.5 Å². The second-order valence-electron chi connectivity index (χ2n) is 4.42. The number of benzene rings is 1. The van der Waals surface area contributed by atoms with Crippen LogP contribution in [-0.4, -0.2) is 35.9 Å². The lowest BCUT2D eigenvalue weighted by Gasteiger charge is -2.12. The molecule has 20 heavy (non-hydrogen) atoms. The number of anilines is 1. The molecule has 0 bridgehead atoms. The lowest BCUT2D eigenvalue weighted by atomic mass is 10.1. The average molecular weight is 274 g/mol. The van der Waals surface area contributed by atoms with E-state index < -0.39 is 6.04 Å². The van der Waals surface area contributed by atoms with Crippen LogP contribution < -0.4 is 11.1 Å². The number of aromatic amines is 1. The number of nitrogens with two attached hydrogens (primary N) is 1. The van der Waals surface area contributed by atoms with Crippen LogP contribution in [0.1, 0.15) is 6.42 Å². The minimum atomic E-state index is -0.567. The summed E-state index contributed by atoms with van der Waals surface area (Å²) >= 11 is 0. The van der Waals surface area contributed by atoms with E-state index in [1.807, 2.05) is 30.3 Å². The highest BCUT2D eigenvalue weighted by Gasteiger charge is 2.13. The topological polar surface area (TPSA) is 93.0 Å². The third-order valence-corrected chi connectivity index (χ3v) is 2.93. The molecule has 0 radical (unpaired) electrons. The Balaban J connectivity index is 1.95. The maximum atomic E-state index is 11.8. The van der Waals surface area contributed by atoms with E-state index in [9.17, 15) is 4.79 Å². The van der Waals surface area contributed by atoms with Gasteiger partial charge in [-0.25, -0.2) is 0 Å². The van der Waals surface area contributed by atoms with Crippen LogP contribution in [0.5, 0.6) is 0 Å². The van der Waals surface area contributed by atoms with Crippen molar-refractivity contribution >= 4 is 11.6 Å². The summed E-state index contributed by atoms with van der Waals surface area (Å²) in [6.45, 7) is 0.466. The van der Waals surface area contributed by atoms with Gasteiger partial charge in [0.05, 0.1) is 11.7 Å². The first-order chi connectivity index (χ1) is 9.70. The van der Waals surface area contributed by atoms with Gasteiger partial charge in [0.15, 0.2) is 0 Å². The van der Waals surface area contributed by atoms with Crippen molar-refractivity contribution in [1.82, 2.24) is 10.2 Å². The average Bonchev–Trinajstić information content (AvgIpc) is 2.99. The summed E-state index contributed by atoms with van der Waals surface area (Å²) in [5.41, 5.74) is 8.40. The van der Waals surface area contributed by atoms with Gasteiger partial charge in [0, 0.05) is 25.6 Å². The Labute approximate surface area is 117 Å². The van der Waals surface area contributed by atoms with Gasteiger partial charge >= 0.3 is 0 Å². The smallest absolute Gasteiger partial charge is 0.241 e. The molecule has 0 aliphatic heterocycles. The van der Waals surface area contributed by atoms with Gasteiger partial charge < -0.3 is 15.8 Å². The second-order valence-corrected chi connectivity index (χ2v) is 4.42. The number of ether oxygens (including phenoxy) is 1. The highest BCUT2D eigenvalue weighted by Crippen LogP contribution is 2.18. The number of aromatic nitrogens is 2. The highest BCUT2D eigenvalue weighted by atomic mass is 16.5. The molecule has 0 saturated heterocycles. The van der Waals surface area contributed by atoms with Crippen LogP contribution in [0.15, 0.2) is 36.5 Å². The molecule has 6 heteroatoms. The van der Waals surface area contributed by atoms with Crippen molar-refractivity contribution in [3.8, 4) is 11.3 Å². The number of amides is 1. The largest absolute Gasteiger partial charge is 0.385 e. The number of hydrogen-bond acceptors (Lipinski definition) is 4. The van der Waals surface area contributed by atoms with E-state index in [2.05, 4.69) is 15.5 Å². The fourth-order valence-corrected chi connectivity index (χ4v) is 1.76. The number of carbonyl (C=O) groups excluding carboxylic acids is 1. The molecule has 0 aliphatic rings. The number of nitrogens with zero attached hydrogens (tertiary/aromatic N) is 1. The molecule has 1 unspecified atom stereocenters. The molecule has 1 amide bonds. The second kappa shape index (κ2) is 6.83. The Morgan fingerprint density at radius 2 is 2.15 bits per heavy atom. The monoisotopic (exact) mass is 274 g/mol. The van der Waals surface area contributed by atoms with E-state index in [1.165, 1.54) is 0 Å². The number of rotatable bonds is 6. The molecule has 4 N–H and O–H groups in total. The predicted octanol–water partition coefficient (Wildman–Crippen LogP) is 1.38. The zero-order valence-corrected chi connectivity index (χ0v) is 11.3. The summed E-state index contributed by atoms with van der Waals surface area (Å²) in [5, 5.41) is 9.56. The molecule has 2 rings (SSSR count). The zero-order valence-electron chi connectivity index (χ0n) is 11.3. The molecule has 1 heterocycles. The molecule has 0 spiro atoms. The van der Waals surface area contributed by atoms with E-state index in [-0.39, 0.29) is 5.91 Å². The maximum Gasteiger partial charge on any atom is 0.241 e. The minimum Gasteiger partial charge on any atom is -0.385 e. The van der Waals surface area contributed by atoms with Gasteiger partial charge in [0.2, 0.25) is 5.91 Å². The first kappa shape index (κ1) is 14.2. The summed E-state index contributed by atoms with van der Waals surface area (Å²) in [4.78, 5) is 11.8. The van der Waals surface area contributed by atoms with Crippen LogP contribution in [-0.2, 0) is 9.53 Å². The highest BCUT2D eigenvalue weighted by molar-refractivity contribution is 5.94. The SMILES string of the molecule is COCCC(N)C(=O)Nc1ccc(-c2ccn[nH]2)cc1. The number of methoxy groups -OCH3 is 1. The Morgan fingerprint density at radius 1 is 1.40 bits per heavy atom. The van der Waals surface area contributed by atoms with Gasteiger partial charge in [-0.05, 0) is 30.2 Å². The summed E-state index contributed by atoms with van der Waals surface area (Å²) in [6.07, 6.45) is 2.19. The van der Waals surface area contributed by atoms with Crippen LogP contribution in [0.2, 0.25) is 0 Å². The van der Waals surface area contributed by atoms with Crippen LogP contribution in [0.4, 0.5) is 5.69 Å². The molecule has 6 nitrogen and oxygen atoms in total. The molecule has 1 aromatic heterocycles. The van der Waals surface area contributed by atoms with Crippen molar-refractivity contribution in [3.63, 3.8) is 0 Å². The van der Waals surface area contributed by atoms with Crippen LogP contribution in [0, 0.1) is 0 Å². The van der Waals surface area contributed by atoms with Gasteiger partial charge in [-0.3, -0.25) is 9.89 Å². The minimum absolute atomic E-state index is 0.212. The number of nitrogens with one attached hydrogen (secondary N) is 2. The normalized spacial score (nSPS) is 12.1. The van der Waals surface area contributed by atoms with Gasteiger partial charge in [0.25, 0.3) is 0 Å². The molecule has 0 aliphatic carbocycles. The molecular formula is C14H18N4O2. The Kier molecular flexibility index (Phi) is 4.86. The Hall–Kier alpha value is -2.18. The van der Waals surface area contributed by atoms with Crippen LogP contribution in [0.25, 0.3) is 11.3 Å². The lowest BCUT2D eigenvalue weighted by Crippen LogP contribution is -2.36. The summed E-state index contributed by atoms with van der Waals surface area (Å²) < 4.78 is 4.90. The first-order valence-electron chi connectivity index (χ1n) is 6.36. The first-order valence-corrected chi connectivity index (χ1v) is 6.36. The zero-order chi connectivity index (χ0) is 14.4. The fraction of sp³-hybridized carbons (Fsp3) is 0.286. The third kappa shape index (κ3) is 3.66. The van der Waals surface area contributed by atoms with Crippen LogP contribution in [0.3, 0.4) is 0 Å². The molecular weight excluding hydrogens is 256 g/mol. The van der Waals surface area contributed by atoms with Gasteiger partial charge in [-0.15, -0.1) is 0 Å². The Morgan fingerprint density at radius 3 is 2.75 bits per heavy atom. The standard InChI is InChI=1S/C14H18N4O2/c1-20-9-7-12(15)14(19)17-11-4-2-10(3-5-11)13-6-8-16-18-13/h2-6,8,12H,7,9,15H2,1H3,(H,16,18)(H,17,19). The van der Waals surface area contributed by atoms with E-state index in [0.717, 1.165) is 11.3 Å². The van der Waals surface area contributed by atoms with Gasteiger partial charge in [-0.1, -0.05) is 12.1 Å². The third-order valence-electron chi connectivity index (χ3n) is 2.93. The summed E-state index contributed by atoms with van der Waals surface area (Å²) in [6, 6.07) is 8.79. The predicted molar refractivity (Wildman–Crippen MR) is 77.1 cm³/mol. The number of H-pyrrole nitrogens is 1. The summed E-state index contributed by atoms with van der Waals surface area (Å²) in [7, 11) is 1.58. The molecule has 1 atom stereocenters. The van der Waals surface area contributed by atoms with Gasteiger partial charge in [0.1, 0.15) is 0 Å². The maximum absolute atomic E-state index is 11.8. The number of carbonyl (C=O) groups is 1. The van der Waals surface area contributed by atoms with Crippen molar-refractivity contribution in [2.75, 3.05) is 19.0 Å². The van der Waals surface area contributed by atoms with E-state index in [4.69, 9.17) is 10.5 Å². The van der Waals surface area contributed by atoms with E-state index in [1.54, 1.807) is 13.3 Å². The molecule has 0 saturated carbocycles. The molecule has 2 aromatic rings. The summed E-state index contributed by atoms with van der Waals surface area (Å²) in [5.74, 6) is -0.212. The number of hydrogen-bond donors (Lipinski definition) is 3. The van der Waals surface area contributed by atoms with Crippen LogP contribution >= 0.6 is 0 Å². The fourth-order valence-electron chi connectivity index (χ4n) is 1.76.